The minimum absolute atomic E-state index is 0.155. The predicted octanol–water partition coefficient (Wildman–Crippen LogP) is 2.15. The van der Waals surface area contributed by atoms with Gasteiger partial charge in [0.05, 0.1) is 11.6 Å². The molecule has 0 bridgehead atoms. The molecule has 1 unspecified atom stereocenters. The van der Waals surface area contributed by atoms with Crippen LogP contribution in [0.2, 0.25) is 0 Å². The summed E-state index contributed by atoms with van der Waals surface area (Å²) in [6, 6.07) is 7.77. The number of ether oxygens (including phenoxy) is 2. The van der Waals surface area contributed by atoms with Crippen LogP contribution in [0.1, 0.15) is 27.6 Å². The molecule has 0 saturated heterocycles. The second-order valence-electron chi connectivity index (χ2n) is 5.27. The maximum absolute atomic E-state index is 12.6. The van der Waals surface area contributed by atoms with Gasteiger partial charge in [-0.15, -0.1) is 0 Å². The van der Waals surface area contributed by atoms with Crippen LogP contribution in [0.3, 0.4) is 0 Å². The second-order valence-corrected chi connectivity index (χ2v) is 5.27. The minimum atomic E-state index is -0.608. The summed E-state index contributed by atoms with van der Waals surface area (Å²) in [7, 11) is 1.60. The lowest BCUT2D eigenvalue weighted by Gasteiger charge is -2.24. The van der Waals surface area contributed by atoms with E-state index >= 15 is 0 Å². The van der Waals surface area contributed by atoms with Crippen LogP contribution in [-0.4, -0.2) is 41.5 Å². The van der Waals surface area contributed by atoms with Gasteiger partial charge in [-0.25, -0.2) is 0 Å². The fourth-order valence-corrected chi connectivity index (χ4v) is 2.34. The van der Waals surface area contributed by atoms with Gasteiger partial charge in [-0.05, 0) is 37.3 Å². The fourth-order valence-electron chi connectivity index (χ4n) is 2.34. The van der Waals surface area contributed by atoms with Gasteiger partial charge in [0.2, 0.25) is 6.79 Å². The van der Waals surface area contributed by atoms with Gasteiger partial charge < -0.3 is 14.4 Å². The van der Waals surface area contributed by atoms with Gasteiger partial charge in [0.15, 0.2) is 17.3 Å². The number of amides is 1. The van der Waals surface area contributed by atoms with Crippen molar-refractivity contribution < 1.29 is 19.1 Å². The Morgan fingerprint density at radius 2 is 1.96 bits per heavy atom. The Hall–Kier alpha value is -2.89. The van der Waals surface area contributed by atoms with E-state index in [0.29, 0.717) is 22.6 Å². The quantitative estimate of drug-likeness (QED) is 0.809. The Kier molecular flexibility index (Phi) is 3.97. The number of rotatable bonds is 4. The molecule has 6 heteroatoms. The molecule has 3 rings (SSSR count). The van der Waals surface area contributed by atoms with Gasteiger partial charge in [-0.3, -0.25) is 14.6 Å². The van der Waals surface area contributed by atoms with Crippen molar-refractivity contribution in [3.8, 4) is 11.5 Å². The summed E-state index contributed by atoms with van der Waals surface area (Å²) in [6.45, 7) is 1.85. The van der Waals surface area contributed by atoms with E-state index in [-0.39, 0.29) is 18.5 Å². The number of hydrogen-bond donors (Lipinski definition) is 0. The van der Waals surface area contributed by atoms with E-state index in [0.717, 1.165) is 0 Å². The summed E-state index contributed by atoms with van der Waals surface area (Å²) in [5, 5.41) is 0. The van der Waals surface area contributed by atoms with Crippen LogP contribution in [0.25, 0.3) is 0 Å². The molecule has 1 aromatic heterocycles. The van der Waals surface area contributed by atoms with Crippen LogP contribution in [-0.2, 0) is 0 Å². The van der Waals surface area contributed by atoms with E-state index < -0.39 is 6.04 Å². The highest BCUT2D eigenvalue weighted by atomic mass is 16.7. The molecule has 1 aromatic carbocycles. The van der Waals surface area contributed by atoms with Gasteiger partial charge in [0, 0.05) is 25.0 Å². The molecule has 1 atom stereocenters. The van der Waals surface area contributed by atoms with Crippen molar-refractivity contribution in [3.05, 3.63) is 53.9 Å². The van der Waals surface area contributed by atoms with Gasteiger partial charge in [0.1, 0.15) is 0 Å². The molecule has 2 heterocycles. The number of nitrogens with zero attached hydrogens (tertiary/aromatic N) is 2. The zero-order chi connectivity index (χ0) is 16.4. The van der Waals surface area contributed by atoms with Crippen molar-refractivity contribution in [2.75, 3.05) is 13.8 Å². The van der Waals surface area contributed by atoms with E-state index in [9.17, 15) is 9.59 Å². The van der Waals surface area contributed by atoms with Crippen molar-refractivity contribution in [1.29, 1.82) is 0 Å². The largest absolute Gasteiger partial charge is 0.454 e. The molecule has 1 amide bonds. The van der Waals surface area contributed by atoms with Crippen LogP contribution in [0.5, 0.6) is 11.5 Å². The number of aromatic nitrogens is 1. The third kappa shape index (κ3) is 2.88. The highest BCUT2D eigenvalue weighted by Crippen LogP contribution is 2.33. The Morgan fingerprint density at radius 1 is 1.17 bits per heavy atom. The molecular formula is C17H16N2O4. The molecule has 2 aromatic rings. The fraction of sp³-hybridized carbons (Fsp3) is 0.235. The molecule has 0 spiro atoms. The lowest BCUT2D eigenvalue weighted by Crippen LogP contribution is -2.40. The van der Waals surface area contributed by atoms with E-state index in [1.165, 1.54) is 11.1 Å². The van der Waals surface area contributed by atoms with E-state index in [4.69, 9.17) is 9.47 Å². The van der Waals surface area contributed by atoms with Gasteiger partial charge in [0.25, 0.3) is 5.91 Å². The maximum Gasteiger partial charge on any atom is 0.255 e. The number of ketones is 1. The lowest BCUT2D eigenvalue weighted by atomic mass is 10.0. The first kappa shape index (κ1) is 15.0. The normalized spacial score (nSPS) is 13.5. The first-order valence-corrected chi connectivity index (χ1v) is 7.19. The molecule has 0 saturated carbocycles. The lowest BCUT2D eigenvalue weighted by molar-refractivity contribution is 0.0674. The first-order chi connectivity index (χ1) is 11.1. The average molecular weight is 312 g/mol. The number of carbonyl (C=O) groups is 2. The van der Waals surface area contributed by atoms with Crippen molar-refractivity contribution in [3.63, 3.8) is 0 Å². The predicted molar refractivity (Wildman–Crippen MR) is 82.7 cm³/mol. The average Bonchev–Trinajstić information content (AvgIpc) is 3.07. The standard InChI is InChI=1S/C17H16N2O4/c1-11(19(2)17(21)13-4-3-7-18-9-13)16(20)12-5-6-14-15(8-12)23-10-22-14/h3-9,11H,10H2,1-2H3. The number of fused-ring (bicyclic) bond motifs is 1. The first-order valence-electron chi connectivity index (χ1n) is 7.19. The molecule has 23 heavy (non-hydrogen) atoms. The van der Waals surface area contributed by atoms with Crippen LogP contribution in [0.4, 0.5) is 0 Å². The molecule has 118 valence electrons. The number of hydrogen-bond acceptors (Lipinski definition) is 5. The third-order valence-corrected chi connectivity index (χ3v) is 3.85. The highest BCUT2D eigenvalue weighted by Gasteiger charge is 2.26. The second kappa shape index (κ2) is 6.08. The number of likely N-dealkylation sites (N-methyl/N-ethyl adjacent to an activating group) is 1. The van der Waals surface area contributed by atoms with E-state index in [2.05, 4.69) is 4.98 Å². The zero-order valence-corrected chi connectivity index (χ0v) is 12.9. The summed E-state index contributed by atoms with van der Waals surface area (Å²) < 4.78 is 10.5. The van der Waals surface area contributed by atoms with E-state index in [1.807, 2.05) is 0 Å². The summed E-state index contributed by atoms with van der Waals surface area (Å²) in [5.41, 5.74) is 0.924. The molecule has 6 nitrogen and oxygen atoms in total. The SMILES string of the molecule is CC(C(=O)c1ccc2c(c1)OCO2)N(C)C(=O)c1cccnc1. The van der Waals surface area contributed by atoms with Gasteiger partial charge in [-0.1, -0.05) is 0 Å². The molecule has 1 aliphatic rings. The van der Waals surface area contributed by atoms with E-state index in [1.54, 1.807) is 50.5 Å². The number of Topliss-reactive ketones (excluding diaryl/α,β-unsaturated/α-hetero) is 1. The summed E-state index contributed by atoms with van der Waals surface area (Å²) in [6.07, 6.45) is 3.08. The molecule has 0 fully saturated rings. The zero-order valence-electron chi connectivity index (χ0n) is 12.9. The Morgan fingerprint density at radius 3 is 2.70 bits per heavy atom. The third-order valence-electron chi connectivity index (χ3n) is 3.85. The van der Waals surface area contributed by atoms with Crippen LogP contribution in [0, 0.1) is 0 Å². The van der Waals surface area contributed by atoms with Crippen LogP contribution < -0.4 is 9.47 Å². The summed E-state index contributed by atoms with van der Waals surface area (Å²) in [4.78, 5) is 30.3. The molecule has 0 radical (unpaired) electrons. The minimum Gasteiger partial charge on any atom is -0.454 e. The Bertz CT molecular complexity index is 746. The van der Waals surface area contributed by atoms with Crippen molar-refractivity contribution >= 4 is 11.7 Å². The molecule has 1 aliphatic heterocycles. The summed E-state index contributed by atoms with van der Waals surface area (Å²) >= 11 is 0. The summed E-state index contributed by atoms with van der Waals surface area (Å²) in [5.74, 6) is 0.751. The van der Waals surface area contributed by atoms with Crippen LogP contribution in [0.15, 0.2) is 42.7 Å². The van der Waals surface area contributed by atoms with Gasteiger partial charge in [-0.2, -0.15) is 0 Å². The molecule has 0 N–H and O–H groups in total. The van der Waals surface area contributed by atoms with Gasteiger partial charge >= 0.3 is 0 Å². The molecular weight excluding hydrogens is 296 g/mol. The maximum atomic E-state index is 12.6. The Balaban J connectivity index is 1.78. The molecule has 0 aliphatic carbocycles. The number of benzene rings is 1. The highest BCUT2D eigenvalue weighted by molar-refractivity contribution is 6.04. The van der Waals surface area contributed by atoms with Crippen molar-refractivity contribution in [2.24, 2.45) is 0 Å². The topological polar surface area (TPSA) is 68.7 Å². The van der Waals surface area contributed by atoms with Crippen molar-refractivity contribution in [2.45, 2.75) is 13.0 Å². The Labute approximate surface area is 133 Å². The van der Waals surface area contributed by atoms with Crippen molar-refractivity contribution in [1.82, 2.24) is 9.88 Å². The monoisotopic (exact) mass is 312 g/mol. The number of pyridine rings is 1. The smallest absolute Gasteiger partial charge is 0.255 e. The van der Waals surface area contributed by atoms with Crippen LogP contribution >= 0.6 is 0 Å². The number of carbonyl (C=O) groups excluding carboxylic acids is 2.